The van der Waals surface area contributed by atoms with Gasteiger partial charge in [0.1, 0.15) is 5.52 Å². The van der Waals surface area contributed by atoms with Crippen LogP contribution in [0.25, 0.3) is 11.1 Å². The molecule has 1 unspecified atom stereocenters. The van der Waals surface area contributed by atoms with Gasteiger partial charge in [-0.05, 0) is 43.0 Å². The van der Waals surface area contributed by atoms with Gasteiger partial charge in [-0.15, -0.1) is 11.3 Å². The number of fused-ring (bicyclic) bond motifs is 2. The Morgan fingerprint density at radius 1 is 1.30 bits per heavy atom. The molecule has 0 radical (unpaired) electrons. The third kappa shape index (κ3) is 2.05. The molecule has 0 fully saturated rings. The SMILES string of the molecule is OC(Cc1nc2ccccc2o1)c1cc2c(s1)CCC2. The van der Waals surface area contributed by atoms with E-state index in [1.54, 1.807) is 11.3 Å². The Bertz CT molecular complexity index is 704. The van der Waals surface area contributed by atoms with E-state index >= 15 is 0 Å². The molecule has 0 bridgehead atoms. The Morgan fingerprint density at radius 2 is 2.20 bits per heavy atom. The smallest absolute Gasteiger partial charge is 0.198 e. The Balaban J connectivity index is 1.57. The topological polar surface area (TPSA) is 46.3 Å². The number of oxazole rings is 1. The average Bonchev–Trinajstić information content (AvgIpc) is 3.11. The van der Waals surface area contributed by atoms with Crippen molar-refractivity contribution in [3.05, 3.63) is 51.5 Å². The predicted molar refractivity (Wildman–Crippen MR) is 79.0 cm³/mol. The van der Waals surface area contributed by atoms with Gasteiger partial charge in [-0.3, -0.25) is 0 Å². The van der Waals surface area contributed by atoms with Crippen LogP contribution < -0.4 is 0 Å². The number of aliphatic hydroxyl groups excluding tert-OH is 1. The van der Waals surface area contributed by atoms with Crippen molar-refractivity contribution in [2.45, 2.75) is 31.8 Å². The van der Waals surface area contributed by atoms with Gasteiger partial charge in [0.2, 0.25) is 0 Å². The second kappa shape index (κ2) is 4.72. The van der Waals surface area contributed by atoms with E-state index in [1.165, 1.54) is 16.9 Å². The Labute approximate surface area is 120 Å². The number of aryl methyl sites for hydroxylation is 2. The van der Waals surface area contributed by atoms with E-state index in [1.807, 2.05) is 24.3 Å². The maximum Gasteiger partial charge on any atom is 0.198 e. The molecule has 0 amide bonds. The maximum atomic E-state index is 10.4. The summed E-state index contributed by atoms with van der Waals surface area (Å²) in [6.07, 6.45) is 3.49. The van der Waals surface area contributed by atoms with Crippen molar-refractivity contribution >= 4 is 22.4 Å². The molecule has 1 aliphatic carbocycles. The summed E-state index contributed by atoms with van der Waals surface area (Å²) in [7, 11) is 0. The van der Waals surface area contributed by atoms with Crippen LogP contribution in [0.1, 0.15) is 33.7 Å². The second-order valence-electron chi connectivity index (χ2n) is 5.25. The first kappa shape index (κ1) is 12.1. The monoisotopic (exact) mass is 285 g/mol. The van der Waals surface area contributed by atoms with Crippen molar-refractivity contribution in [2.75, 3.05) is 0 Å². The van der Waals surface area contributed by atoms with Gasteiger partial charge in [0.25, 0.3) is 0 Å². The van der Waals surface area contributed by atoms with Gasteiger partial charge in [-0.1, -0.05) is 12.1 Å². The Kier molecular flexibility index (Phi) is 2.86. The molecule has 0 saturated heterocycles. The largest absolute Gasteiger partial charge is 0.441 e. The van der Waals surface area contributed by atoms with E-state index < -0.39 is 6.10 Å². The van der Waals surface area contributed by atoms with Crippen molar-refractivity contribution in [1.29, 1.82) is 0 Å². The van der Waals surface area contributed by atoms with E-state index in [2.05, 4.69) is 11.1 Å². The lowest BCUT2D eigenvalue weighted by atomic mass is 10.2. The normalized spacial score (nSPS) is 15.7. The lowest BCUT2D eigenvalue weighted by Gasteiger charge is -2.05. The van der Waals surface area contributed by atoms with E-state index in [0.717, 1.165) is 28.8 Å². The first-order chi connectivity index (χ1) is 9.79. The van der Waals surface area contributed by atoms with Crippen LogP contribution in [0.3, 0.4) is 0 Å². The van der Waals surface area contributed by atoms with Crippen LogP contribution in [0.2, 0.25) is 0 Å². The first-order valence-electron chi connectivity index (χ1n) is 6.93. The molecular formula is C16H15NO2S. The zero-order valence-electron chi connectivity index (χ0n) is 11.0. The van der Waals surface area contributed by atoms with Crippen LogP contribution in [0.15, 0.2) is 34.7 Å². The van der Waals surface area contributed by atoms with Gasteiger partial charge in [-0.2, -0.15) is 0 Å². The number of nitrogens with zero attached hydrogens (tertiary/aromatic N) is 1. The standard InChI is InChI=1S/C16H15NO2S/c18-12(15-8-10-4-3-7-14(10)20-15)9-16-17-11-5-1-2-6-13(11)19-16/h1-2,5-6,8,12,18H,3-4,7,9H2. The van der Waals surface area contributed by atoms with Crippen LogP contribution in [0.4, 0.5) is 0 Å². The molecule has 1 aromatic carbocycles. The van der Waals surface area contributed by atoms with Crippen molar-refractivity contribution < 1.29 is 9.52 Å². The van der Waals surface area contributed by atoms with E-state index in [9.17, 15) is 5.11 Å². The zero-order chi connectivity index (χ0) is 13.5. The predicted octanol–water partition coefficient (Wildman–Crippen LogP) is 3.65. The van der Waals surface area contributed by atoms with Gasteiger partial charge in [0.15, 0.2) is 11.5 Å². The lowest BCUT2D eigenvalue weighted by molar-refractivity contribution is 0.173. The molecule has 3 aromatic rings. The van der Waals surface area contributed by atoms with Crippen LogP contribution in [-0.2, 0) is 19.3 Å². The summed E-state index contributed by atoms with van der Waals surface area (Å²) >= 11 is 1.74. The fraction of sp³-hybridized carbons (Fsp3) is 0.312. The van der Waals surface area contributed by atoms with Crippen molar-refractivity contribution in [3.8, 4) is 0 Å². The molecule has 1 atom stereocenters. The Hall–Kier alpha value is -1.65. The van der Waals surface area contributed by atoms with Crippen molar-refractivity contribution in [1.82, 2.24) is 4.98 Å². The molecule has 102 valence electrons. The van der Waals surface area contributed by atoms with Crippen LogP contribution in [-0.4, -0.2) is 10.1 Å². The van der Waals surface area contributed by atoms with Gasteiger partial charge < -0.3 is 9.52 Å². The number of para-hydroxylation sites is 2. The number of hydrogen-bond donors (Lipinski definition) is 1. The summed E-state index contributed by atoms with van der Waals surface area (Å²) < 4.78 is 5.67. The number of hydrogen-bond acceptors (Lipinski definition) is 4. The van der Waals surface area contributed by atoms with Crippen molar-refractivity contribution in [2.24, 2.45) is 0 Å². The molecule has 4 heteroatoms. The minimum atomic E-state index is -0.515. The average molecular weight is 285 g/mol. The fourth-order valence-electron chi connectivity index (χ4n) is 2.79. The number of thiophene rings is 1. The highest BCUT2D eigenvalue weighted by molar-refractivity contribution is 7.12. The van der Waals surface area contributed by atoms with Gasteiger partial charge in [0, 0.05) is 9.75 Å². The summed E-state index contributed by atoms with van der Waals surface area (Å²) in [6, 6.07) is 9.85. The molecule has 1 aliphatic rings. The van der Waals surface area contributed by atoms with Gasteiger partial charge in [0.05, 0.1) is 12.5 Å². The summed E-state index contributed by atoms with van der Waals surface area (Å²) in [4.78, 5) is 6.90. The zero-order valence-corrected chi connectivity index (χ0v) is 11.8. The quantitative estimate of drug-likeness (QED) is 0.799. The number of aliphatic hydroxyl groups is 1. The lowest BCUT2D eigenvalue weighted by Crippen LogP contribution is -1.99. The van der Waals surface area contributed by atoms with E-state index in [-0.39, 0.29) is 0 Å². The first-order valence-corrected chi connectivity index (χ1v) is 7.75. The molecule has 3 nitrogen and oxygen atoms in total. The van der Waals surface area contributed by atoms with Crippen LogP contribution >= 0.6 is 11.3 Å². The molecule has 0 aliphatic heterocycles. The molecular weight excluding hydrogens is 270 g/mol. The minimum absolute atomic E-state index is 0.439. The van der Waals surface area contributed by atoms with Crippen LogP contribution in [0.5, 0.6) is 0 Å². The summed E-state index contributed by atoms with van der Waals surface area (Å²) in [5, 5.41) is 10.4. The molecule has 2 aromatic heterocycles. The number of benzene rings is 1. The van der Waals surface area contributed by atoms with E-state index in [4.69, 9.17) is 4.42 Å². The molecule has 2 heterocycles. The van der Waals surface area contributed by atoms with Crippen molar-refractivity contribution in [3.63, 3.8) is 0 Å². The maximum absolute atomic E-state index is 10.4. The third-order valence-corrected chi connectivity index (χ3v) is 5.14. The van der Waals surface area contributed by atoms with Crippen LogP contribution in [0, 0.1) is 0 Å². The molecule has 4 rings (SSSR count). The molecule has 1 N–H and O–H groups in total. The highest BCUT2D eigenvalue weighted by atomic mass is 32.1. The summed E-state index contributed by atoms with van der Waals surface area (Å²) in [5.74, 6) is 0.604. The summed E-state index contributed by atoms with van der Waals surface area (Å²) in [5.41, 5.74) is 3.05. The Morgan fingerprint density at radius 3 is 3.05 bits per heavy atom. The van der Waals surface area contributed by atoms with Gasteiger partial charge in [-0.25, -0.2) is 4.98 Å². The highest BCUT2D eigenvalue weighted by Crippen LogP contribution is 2.34. The van der Waals surface area contributed by atoms with E-state index in [0.29, 0.717) is 12.3 Å². The summed E-state index contributed by atoms with van der Waals surface area (Å²) in [6.45, 7) is 0. The number of rotatable bonds is 3. The minimum Gasteiger partial charge on any atom is -0.441 e. The van der Waals surface area contributed by atoms with Gasteiger partial charge >= 0.3 is 0 Å². The fourth-order valence-corrected chi connectivity index (χ4v) is 4.03. The highest BCUT2D eigenvalue weighted by Gasteiger charge is 2.20. The third-order valence-electron chi connectivity index (χ3n) is 3.80. The molecule has 0 saturated carbocycles. The number of aromatic nitrogens is 1. The molecule has 0 spiro atoms. The molecule has 20 heavy (non-hydrogen) atoms. The second-order valence-corrected chi connectivity index (χ2v) is 6.41.